The van der Waals surface area contributed by atoms with Gasteiger partial charge < -0.3 is 25.7 Å². The molecule has 0 saturated carbocycles. The maximum Gasteiger partial charge on any atom is 0.416 e. The Morgan fingerprint density at radius 2 is 1.88 bits per heavy atom. The highest BCUT2D eigenvalue weighted by atomic mass is 19.4. The van der Waals surface area contributed by atoms with E-state index < -0.39 is 17.8 Å². The zero-order valence-electron chi connectivity index (χ0n) is 18.6. The van der Waals surface area contributed by atoms with Crippen LogP contribution in [0, 0.1) is 0 Å². The minimum Gasteiger partial charge on any atom is -0.490 e. The number of H-pyrrole nitrogens is 1. The van der Waals surface area contributed by atoms with Gasteiger partial charge in [0.2, 0.25) is 11.9 Å². The monoisotopic (exact) mass is 478 g/mol. The van der Waals surface area contributed by atoms with Crippen LogP contribution < -0.4 is 26.0 Å². The average Bonchev–Trinajstić information content (AvgIpc) is 3.15. The normalized spacial score (nSPS) is 11.3. The Hall–Kier alpha value is -3.80. The molecule has 0 saturated heterocycles. The molecule has 3 amide bonds. The van der Waals surface area contributed by atoms with E-state index in [4.69, 9.17) is 4.74 Å². The maximum absolute atomic E-state index is 13.1. The highest BCUT2D eigenvalue weighted by Crippen LogP contribution is 2.35. The Balaban J connectivity index is 1.61. The Labute approximate surface area is 193 Å². The molecule has 0 radical (unpaired) electrons. The van der Waals surface area contributed by atoms with Crippen LogP contribution in [0.4, 0.5) is 29.6 Å². The van der Waals surface area contributed by atoms with Crippen molar-refractivity contribution in [1.82, 2.24) is 20.6 Å². The third-order valence-corrected chi connectivity index (χ3v) is 4.70. The van der Waals surface area contributed by atoms with E-state index in [1.807, 2.05) is 12.1 Å². The fraction of sp³-hybridized carbons (Fsp3) is 0.318. The summed E-state index contributed by atoms with van der Waals surface area (Å²) >= 11 is 0. The predicted octanol–water partition coefficient (Wildman–Crippen LogP) is 3.50. The van der Waals surface area contributed by atoms with Crippen molar-refractivity contribution in [2.45, 2.75) is 19.5 Å². The van der Waals surface area contributed by atoms with Crippen molar-refractivity contribution < 1.29 is 27.5 Å². The lowest BCUT2D eigenvalue weighted by Gasteiger charge is -2.16. The molecule has 182 valence electrons. The lowest BCUT2D eigenvalue weighted by atomic mass is 10.1. The van der Waals surface area contributed by atoms with Crippen LogP contribution in [-0.2, 0) is 17.4 Å². The van der Waals surface area contributed by atoms with Crippen LogP contribution in [0.2, 0.25) is 0 Å². The van der Waals surface area contributed by atoms with Crippen LogP contribution in [0.5, 0.6) is 5.75 Å². The summed E-state index contributed by atoms with van der Waals surface area (Å²) in [5, 5.41) is 10.5. The van der Waals surface area contributed by atoms with Crippen molar-refractivity contribution in [3.63, 3.8) is 0 Å². The molecular weight excluding hydrogens is 453 g/mol. The number of likely N-dealkylation sites (N-methyl/N-ethyl adjacent to an activating group) is 1. The minimum absolute atomic E-state index is 0.0761. The zero-order chi connectivity index (χ0) is 24.7. The van der Waals surface area contributed by atoms with Gasteiger partial charge in [-0.1, -0.05) is 6.07 Å². The van der Waals surface area contributed by atoms with E-state index in [2.05, 4.69) is 31.2 Å². The number of nitrogens with zero attached hydrogens (tertiary/aromatic N) is 1. The molecule has 3 rings (SSSR count). The number of halogens is 3. The number of fused-ring (bicyclic) bond motifs is 1. The van der Waals surface area contributed by atoms with E-state index >= 15 is 0 Å². The molecule has 34 heavy (non-hydrogen) atoms. The van der Waals surface area contributed by atoms with E-state index in [1.54, 1.807) is 13.1 Å². The van der Waals surface area contributed by atoms with Crippen LogP contribution >= 0.6 is 0 Å². The predicted molar refractivity (Wildman–Crippen MR) is 122 cm³/mol. The summed E-state index contributed by atoms with van der Waals surface area (Å²) in [5.74, 6) is 0.231. The number of carbonyl (C=O) groups excluding carboxylic acids is 2. The molecule has 0 atom stereocenters. The highest BCUT2D eigenvalue weighted by Gasteiger charge is 2.31. The van der Waals surface area contributed by atoms with Gasteiger partial charge in [0.15, 0.2) is 0 Å². The van der Waals surface area contributed by atoms with Crippen molar-refractivity contribution >= 4 is 34.6 Å². The molecule has 1 aromatic heterocycles. The standard InChI is InChI=1S/C22H25F3N6O3/c1-13(32)28-20-29-16-5-3-14(11-17(16)30-20)7-8-27-21(33)31-18-12-15(22(23,24)25)4-6-19(18)34-10-9-26-2/h3-6,11-12,26H,7-10H2,1-2H3,(H2,27,31,33)(H2,28,29,30,32). The summed E-state index contributed by atoms with van der Waals surface area (Å²) in [7, 11) is 1.72. The number of ether oxygens (including phenoxy) is 1. The zero-order valence-corrected chi connectivity index (χ0v) is 18.6. The summed E-state index contributed by atoms with van der Waals surface area (Å²) < 4.78 is 44.8. The third kappa shape index (κ3) is 6.85. The molecular formula is C22H25F3N6O3. The van der Waals surface area contributed by atoms with Gasteiger partial charge in [0.1, 0.15) is 12.4 Å². The van der Waals surface area contributed by atoms with Crippen LogP contribution in [0.3, 0.4) is 0 Å². The molecule has 0 aliphatic rings. The number of amides is 3. The Morgan fingerprint density at radius 1 is 1.09 bits per heavy atom. The van der Waals surface area contributed by atoms with Gasteiger partial charge in [-0.3, -0.25) is 10.1 Å². The molecule has 0 aliphatic heterocycles. The molecule has 0 unspecified atom stereocenters. The molecule has 0 fully saturated rings. The van der Waals surface area contributed by atoms with Gasteiger partial charge in [0.05, 0.1) is 22.3 Å². The first-order valence-electron chi connectivity index (χ1n) is 10.5. The first-order chi connectivity index (χ1) is 16.2. The minimum atomic E-state index is -4.55. The number of rotatable bonds is 9. The fourth-order valence-corrected chi connectivity index (χ4v) is 3.12. The van der Waals surface area contributed by atoms with Crippen molar-refractivity contribution in [1.29, 1.82) is 0 Å². The lowest BCUT2D eigenvalue weighted by molar-refractivity contribution is -0.137. The maximum atomic E-state index is 13.1. The summed E-state index contributed by atoms with van der Waals surface area (Å²) in [6.45, 7) is 2.32. The number of aromatic amines is 1. The number of nitrogens with one attached hydrogen (secondary N) is 5. The molecule has 2 aromatic carbocycles. The van der Waals surface area contributed by atoms with Crippen LogP contribution in [0.1, 0.15) is 18.1 Å². The van der Waals surface area contributed by atoms with E-state index in [1.165, 1.54) is 13.0 Å². The van der Waals surface area contributed by atoms with Crippen molar-refractivity contribution in [2.24, 2.45) is 0 Å². The second kappa shape index (κ2) is 10.9. The summed E-state index contributed by atoms with van der Waals surface area (Å²) in [6.07, 6.45) is -4.09. The third-order valence-electron chi connectivity index (χ3n) is 4.70. The molecule has 1 heterocycles. The fourth-order valence-electron chi connectivity index (χ4n) is 3.12. The lowest BCUT2D eigenvalue weighted by Crippen LogP contribution is -2.30. The van der Waals surface area contributed by atoms with Gasteiger partial charge in [-0.2, -0.15) is 13.2 Å². The van der Waals surface area contributed by atoms with Gasteiger partial charge in [0.25, 0.3) is 0 Å². The smallest absolute Gasteiger partial charge is 0.416 e. The average molecular weight is 478 g/mol. The summed E-state index contributed by atoms with van der Waals surface area (Å²) in [5.41, 5.74) is 1.32. The summed E-state index contributed by atoms with van der Waals surface area (Å²) in [4.78, 5) is 30.7. The molecule has 3 aromatic rings. The molecule has 0 spiro atoms. The number of benzene rings is 2. The van der Waals surface area contributed by atoms with E-state index in [-0.39, 0.29) is 30.5 Å². The number of carbonyl (C=O) groups is 2. The topological polar surface area (TPSA) is 120 Å². The van der Waals surface area contributed by atoms with E-state index in [0.717, 1.165) is 23.2 Å². The number of urea groups is 1. The van der Waals surface area contributed by atoms with Gasteiger partial charge in [-0.05, 0) is 49.4 Å². The SMILES string of the molecule is CNCCOc1ccc(C(F)(F)F)cc1NC(=O)NCCc1ccc2nc(NC(C)=O)[nH]c2c1. The quantitative estimate of drug-likeness (QED) is 0.302. The number of hydrogen-bond donors (Lipinski definition) is 5. The van der Waals surface area contributed by atoms with Gasteiger partial charge in [-0.25, -0.2) is 9.78 Å². The second-order valence-electron chi connectivity index (χ2n) is 7.41. The van der Waals surface area contributed by atoms with Gasteiger partial charge in [0, 0.05) is 20.0 Å². The van der Waals surface area contributed by atoms with Crippen molar-refractivity contribution in [3.8, 4) is 5.75 Å². The molecule has 12 heteroatoms. The Kier molecular flexibility index (Phi) is 7.95. The van der Waals surface area contributed by atoms with E-state index in [0.29, 0.717) is 24.4 Å². The number of aromatic nitrogens is 2. The Bertz CT molecular complexity index is 1160. The number of hydrogen-bond acceptors (Lipinski definition) is 5. The van der Waals surface area contributed by atoms with Gasteiger partial charge in [-0.15, -0.1) is 0 Å². The van der Waals surface area contributed by atoms with Crippen LogP contribution in [0.15, 0.2) is 36.4 Å². The van der Waals surface area contributed by atoms with Crippen LogP contribution in [0.25, 0.3) is 11.0 Å². The molecule has 0 aliphatic carbocycles. The highest BCUT2D eigenvalue weighted by molar-refractivity contribution is 5.91. The van der Waals surface area contributed by atoms with Gasteiger partial charge >= 0.3 is 12.2 Å². The first kappa shape index (κ1) is 24.8. The number of imidazole rings is 1. The van der Waals surface area contributed by atoms with Crippen molar-refractivity contribution in [2.75, 3.05) is 37.4 Å². The molecule has 0 bridgehead atoms. The molecule has 9 nitrogen and oxygen atoms in total. The molecule has 5 N–H and O–H groups in total. The van der Waals surface area contributed by atoms with E-state index in [9.17, 15) is 22.8 Å². The number of anilines is 2. The largest absolute Gasteiger partial charge is 0.490 e. The Morgan fingerprint density at radius 3 is 2.59 bits per heavy atom. The van der Waals surface area contributed by atoms with Crippen molar-refractivity contribution in [3.05, 3.63) is 47.5 Å². The second-order valence-corrected chi connectivity index (χ2v) is 7.41. The van der Waals surface area contributed by atoms with Crippen LogP contribution in [-0.4, -0.2) is 48.7 Å². The number of alkyl halides is 3. The first-order valence-corrected chi connectivity index (χ1v) is 10.5. The summed E-state index contributed by atoms with van der Waals surface area (Å²) in [6, 6.07) is 7.73.